The van der Waals surface area contributed by atoms with Crippen molar-refractivity contribution in [2.75, 3.05) is 0 Å². The molecule has 10 nitrogen and oxygen atoms in total. The number of fused-ring (bicyclic) bond motifs is 1. The second-order valence-electron chi connectivity index (χ2n) is 8.48. The number of carbonyl (C=O) groups excluding carboxylic acids is 2. The first-order valence-corrected chi connectivity index (χ1v) is 11.6. The van der Waals surface area contributed by atoms with E-state index in [0.717, 1.165) is 4.90 Å². The summed E-state index contributed by atoms with van der Waals surface area (Å²) in [5.41, 5.74) is -3.83. The minimum Gasteiger partial charge on any atom is -0.493 e. The zero-order valence-corrected chi connectivity index (χ0v) is 20.3. The number of carbonyl (C=O) groups is 2. The van der Waals surface area contributed by atoms with Crippen LogP contribution < -0.4 is 11.2 Å². The maximum atomic E-state index is 13.2. The zero-order valence-electron chi connectivity index (χ0n) is 20.3. The lowest BCUT2D eigenvalue weighted by molar-refractivity contribution is -0.142. The normalized spacial score (nSPS) is 13.7. The van der Waals surface area contributed by atoms with Crippen molar-refractivity contribution >= 4 is 23.2 Å². The van der Waals surface area contributed by atoms with Crippen LogP contribution in [0.1, 0.15) is 47.4 Å². The van der Waals surface area contributed by atoms with Crippen molar-refractivity contribution in [3.63, 3.8) is 0 Å². The summed E-state index contributed by atoms with van der Waals surface area (Å²) in [4.78, 5) is 53.1. The van der Waals surface area contributed by atoms with Crippen LogP contribution >= 0.6 is 0 Å². The number of imide groups is 1. The van der Waals surface area contributed by atoms with Gasteiger partial charge in [0.2, 0.25) is 11.6 Å². The van der Waals surface area contributed by atoms with Crippen molar-refractivity contribution in [3.05, 3.63) is 80.5 Å². The molecule has 3 aromatic rings. The van der Waals surface area contributed by atoms with Gasteiger partial charge in [-0.3, -0.25) is 23.9 Å². The third-order valence-corrected chi connectivity index (χ3v) is 6.14. The lowest BCUT2D eigenvalue weighted by Gasteiger charge is -2.23. The van der Waals surface area contributed by atoms with Gasteiger partial charge in [-0.15, -0.1) is 10.2 Å². The molecule has 198 valence electrons. The van der Waals surface area contributed by atoms with Crippen molar-refractivity contribution in [2.24, 2.45) is 10.2 Å². The van der Waals surface area contributed by atoms with Gasteiger partial charge in [-0.25, -0.2) is 9.36 Å². The molecule has 13 heteroatoms. The Balaban J connectivity index is 1.89. The summed E-state index contributed by atoms with van der Waals surface area (Å²) in [5, 5.41) is 18.0. The van der Waals surface area contributed by atoms with E-state index < -0.39 is 47.4 Å². The molecule has 1 aliphatic rings. The Hall–Kier alpha value is -4.55. The van der Waals surface area contributed by atoms with Gasteiger partial charge in [0, 0.05) is 6.04 Å². The maximum absolute atomic E-state index is 13.2. The summed E-state index contributed by atoms with van der Waals surface area (Å²) >= 11 is 0. The molecule has 0 radical (unpaired) electrons. The SMILES string of the molecule is CCC(CC)N1C(=O)c2cccc(N=Nc3c(O)n(CC(F)(F)F)c(=O)n(-c4ccccc4)c3=O)c2C1=O. The minimum atomic E-state index is -4.92. The van der Waals surface area contributed by atoms with E-state index in [-0.39, 0.29) is 33.1 Å². The molecule has 1 aliphatic heterocycles. The zero-order chi connectivity index (χ0) is 27.8. The summed E-state index contributed by atoms with van der Waals surface area (Å²) in [5.74, 6) is -2.49. The molecule has 2 heterocycles. The first-order valence-electron chi connectivity index (χ1n) is 11.6. The Bertz CT molecular complexity index is 1560. The van der Waals surface area contributed by atoms with E-state index in [0.29, 0.717) is 17.4 Å². The highest BCUT2D eigenvalue weighted by molar-refractivity contribution is 6.23. The number of rotatable bonds is 7. The molecule has 0 atom stereocenters. The molecule has 0 spiro atoms. The predicted molar refractivity (Wildman–Crippen MR) is 130 cm³/mol. The number of benzene rings is 2. The fraction of sp³-hybridized carbons (Fsp3) is 0.280. The number of alkyl halides is 3. The number of halogens is 3. The van der Waals surface area contributed by atoms with Gasteiger partial charge in [0.05, 0.1) is 22.5 Å². The van der Waals surface area contributed by atoms with Crippen molar-refractivity contribution in [2.45, 2.75) is 45.5 Å². The van der Waals surface area contributed by atoms with Crippen LogP contribution in [0.2, 0.25) is 0 Å². The number of hydrogen-bond acceptors (Lipinski definition) is 7. The number of aromatic nitrogens is 2. The highest BCUT2D eigenvalue weighted by Crippen LogP contribution is 2.35. The largest absolute Gasteiger partial charge is 0.493 e. The molecular weight excluding hydrogens is 507 g/mol. The monoisotopic (exact) mass is 529 g/mol. The van der Waals surface area contributed by atoms with Gasteiger partial charge in [0.25, 0.3) is 17.4 Å². The molecule has 2 amide bonds. The van der Waals surface area contributed by atoms with Crippen LogP contribution in [0, 0.1) is 0 Å². The fourth-order valence-electron chi connectivity index (χ4n) is 4.30. The number of amides is 2. The number of azo groups is 1. The molecule has 38 heavy (non-hydrogen) atoms. The summed E-state index contributed by atoms with van der Waals surface area (Å²) in [7, 11) is 0. The fourth-order valence-corrected chi connectivity index (χ4v) is 4.30. The quantitative estimate of drug-likeness (QED) is 0.357. The highest BCUT2D eigenvalue weighted by atomic mass is 19.4. The minimum absolute atomic E-state index is 0.0400. The van der Waals surface area contributed by atoms with Crippen molar-refractivity contribution < 1.29 is 27.9 Å². The number of aromatic hydroxyl groups is 1. The summed E-state index contributed by atoms with van der Waals surface area (Å²) < 4.78 is 40.1. The van der Waals surface area contributed by atoms with E-state index in [1.165, 1.54) is 42.5 Å². The second-order valence-corrected chi connectivity index (χ2v) is 8.48. The third-order valence-electron chi connectivity index (χ3n) is 6.14. The molecule has 0 unspecified atom stereocenters. The van der Waals surface area contributed by atoms with Gasteiger partial charge in [-0.05, 0) is 37.1 Å². The third kappa shape index (κ3) is 4.62. The Labute approximate surface area is 213 Å². The highest BCUT2D eigenvalue weighted by Gasteiger charge is 2.40. The standard InChI is InChI=1S/C25H22F3N5O5/c1-3-14(4-2)32-20(34)16-11-8-12-17(18(16)21(32)35)29-30-19-22(36)31(13-25(26,27)28)24(38)33(23(19)37)15-9-6-5-7-10-15/h5-12,14,36H,3-4,13H2,1-2H3. The van der Waals surface area contributed by atoms with Crippen LogP contribution in [-0.4, -0.2) is 43.2 Å². The van der Waals surface area contributed by atoms with Crippen molar-refractivity contribution in [3.8, 4) is 11.6 Å². The lowest BCUT2D eigenvalue weighted by Crippen LogP contribution is -2.40. The van der Waals surface area contributed by atoms with Gasteiger partial charge in [-0.2, -0.15) is 13.2 Å². The molecule has 0 saturated carbocycles. The van der Waals surface area contributed by atoms with Crippen LogP contribution in [0.15, 0.2) is 68.3 Å². The maximum Gasteiger partial charge on any atom is 0.406 e. The average Bonchev–Trinajstić information content (AvgIpc) is 3.13. The predicted octanol–water partition coefficient (Wildman–Crippen LogP) is 4.47. The number of nitrogens with zero attached hydrogens (tertiary/aromatic N) is 5. The first-order chi connectivity index (χ1) is 18.0. The van der Waals surface area contributed by atoms with E-state index >= 15 is 0 Å². The smallest absolute Gasteiger partial charge is 0.406 e. The van der Waals surface area contributed by atoms with Crippen molar-refractivity contribution in [1.82, 2.24) is 14.0 Å². The van der Waals surface area contributed by atoms with Crippen LogP contribution in [0.3, 0.4) is 0 Å². The van der Waals surface area contributed by atoms with Gasteiger partial charge in [0.15, 0.2) is 0 Å². The molecule has 1 aromatic heterocycles. The second kappa shape index (κ2) is 10.1. The first kappa shape index (κ1) is 26.5. The Morgan fingerprint density at radius 3 is 2.16 bits per heavy atom. The van der Waals surface area contributed by atoms with E-state index in [2.05, 4.69) is 10.2 Å². The molecule has 0 aliphatic carbocycles. The Morgan fingerprint density at radius 1 is 0.895 bits per heavy atom. The molecule has 4 rings (SSSR count). The van der Waals surface area contributed by atoms with Crippen LogP contribution in [-0.2, 0) is 6.54 Å². The van der Waals surface area contributed by atoms with Crippen LogP contribution in [0.25, 0.3) is 5.69 Å². The molecular formula is C25H22F3N5O5. The summed E-state index contributed by atoms with van der Waals surface area (Å²) in [6.07, 6.45) is -3.88. The lowest BCUT2D eigenvalue weighted by atomic mass is 10.1. The molecule has 0 fully saturated rings. The average molecular weight is 529 g/mol. The number of para-hydroxylation sites is 1. The number of hydrogen-bond donors (Lipinski definition) is 1. The Morgan fingerprint density at radius 2 is 1.55 bits per heavy atom. The molecule has 0 saturated heterocycles. The van der Waals surface area contributed by atoms with E-state index in [1.807, 2.05) is 13.8 Å². The van der Waals surface area contributed by atoms with E-state index in [9.17, 15) is 37.5 Å². The Kier molecular flexibility index (Phi) is 7.03. The van der Waals surface area contributed by atoms with Gasteiger partial charge in [0.1, 0.15) is 6.54 Å². The molecule has 2 aromatic carbocycles. The van der Waals surface area contributed by atoms with Crippen molar-refractivity contribution in [1.29, 1.82) is 0 Å². The summed E-state index contributed by atoms with van der Waals surface area (Å²) in [6.45, 7) is 1.76. The summed E-state index contributed by atoms with van der Waals surface area (Å²) in [6, 6.07) is 11.0. The van der Waals surface area contributed by atoms with E-state index in [4.69, 9.17) is 0 Å². The van der Waals surface area contributed by atoms with Crippen LogP contribution in [0.4, 0.5) is 24.5 Å². The van der Waals surface area contributed by atoms with Crippen LogP contribution in [0.5, 0.6) is 5.88 Å². The molecule has 0 bridgehead atoms. The van der Waals surface area contributed by atoms with Gasteiger partial charge in [-0.1, -0.05) is 38.1 Å². The van der Waals surface area contributed by atoms with Gasteiger partial charge >= 0.3 is 11.9 Å². The topological polar surface area (TPSA) is 126 Å². The van der Waals surface area contributed by atoms with E-state index in [1.54, 1.807) is 6.07 Å². The molecule has 1 N–H and O–H groups in total. The van der Waals surface area contributed by atoms with Gasteiger partial charge < -0.3 is 5.11 Å².